The zero-order chi connectivity index (χ0) is 15.0. The van der Waals surface area contributed by atoms with Crippen molar-refractivity contribution in [2.24, 2.45) is 0 Å². The third-order valence-electron chi connectivity index (χ3n) is 3.03. The lowest BCUT2D eigenvalue weighted by Gasteiger charge is -2.05. The van der Waals surface area contributed by atoms with E-state index in [1.54, 1.807) is 18.2 Å². The first kappa shape index (κ1) is 13.8. The predicted molar refractivity (Wildman–Crippen MR) is 79.4 cm³/mol. The molecule has 21 heavy (non-hydrogen) atoms. The lowest BCUT2D eigenvalue weighted by molar-refractivity contribution is 0.436. The number of benzene rings is 2. The van der Waals surface area contributed by atoms with Gasteiger partial charge in [0.25, 0.3) is 0 Å². The largest absolute Gasteiger partial charge is 0.380 e. The van der Waals surface area contributed by atoms with E-state index in [-0.39, 0.29) is 17.5 Å². The van der Waals surface area contributed by atoms with Crippen molar-refractivity contribution in [3.63, 3.8) is 0 Å². The molecule has 3 rings (SSSR count). The summed E-state index contributed by atoms with van der Waals surface area (Å²) in [6, 6.07) is 10.0. The van der Waals surface area contributed by atoms with E-state index < -0.39 is 0 Å². The fourth-order valence-corrected chi connectivity index (χ4v) is 2.59. The summed E-state index contributed by atoms with van der Waals surface area (Å²) in [7, 11) is 0. The van der Waals surface area contributed by atoms with Crippen LogP contribution in [0.4, 0.5) is 14.6 Å². The van der Waals surface area contributed by atoms with Crippen LogP contribution in [0, 0.1) is 11.6 Å². The summed E-state index contributed by atoms with van der Waals surface area (Å²) >= 11 is 3.28. The Hall–Kier alpha value is -2.21. The molecule has 3 aromatic rings. The molecule has 0 spiro atoms. The van der Waals surface area contributed by atoms with Crippen molar-refractivity contribution in [1.29, 1.82) is 0 Å². The zero-order valence-corrected chi connectivity index (χ0v) is 12.2. The van der Waals surface area contributed by atoms with Gasteiger partial charge in [0.15, 0.2) is 11.6 Å². The summed E-state index contributed by atoms with van der Waals surface area (Å²) in [4.78, 5) is 0. The highest BCUT2D eigenvalue weighted by molar-refractivity contribution is 9.10. The lowest BCUT2D eigenvalue weighted by atomic mass is 10.0. The second-order valence-electron chi connectivity index (χ2n) is 4.40. The van der Waals surface area contributed by atoms with Gasteiger partial charge in [0, 0.05) is 10.0 Å². The Balaban J connectivity index is 2.19. The molecule has 0 radical (unpaired) electrons. The lowest BCUT2D eigenvalue weighted by Crippen LogP contribution is -1.90. The number of aromatic nitrogens is 1. The quantitative estimate of drug-likeness (QED) is 0.732. The van der Waals surface area contributed by atoms with E-state index in [2.05, 4.69) is 21.1 Å². The van der Waals surface area contributed by atoms with Gasteiger partial charge in [0.2, 0.25) is 0 Å². The minimum Gasteiger partial charge on any atom is -0.380 e. The van der Waals surface area contributed by atoms with E-state index in [1.807, 2.05) is 0 Å². The molecule has 0 saturated carbocycles. The molecule has 3 nitrogen and oxygen atoms in total. The molecular weight excluding hydrogens is 342 g/mol. The van der Waals surface area contributed by atoms with Gasteiger partial charge in [0.1, 0.15) is 11.6 Å². The van der Waals surface area contributed by atoms with Crippen LogP contribution in [0.15, 0.2) is 51.5 Å². The van der Waals surface area contributed by atoms with E-state index in [1.165, 1.54) is 24.3 Å². The first-order valence-electron chi connectivity index (χ1n) is 6.03. The average molecular weight is 351 g/mol. The van der Waals surface area contributed by atoms with Gasteiger partial charge in [-0.1, -0.05) is 17.3 Å². The van der Waals surface area contributed by atoms with Gasteiger partial charge in [-0.3, -0.25) is 0 Å². The molecule has 0 aliphatic carbocycles. The molecule has 0 atom stereocenters. The molecule has 0 aliphatic rings. The number of anilines is 1. The normalized spacial score (nSPS) is 10.8. The minimum atomic E-state index is -0.374. The maximum atomic E-state index is 13.2. The topological polar surface area (TPSA) is 52.0 Å². The standard InChI is InChI=1S/C15H9BrF2N2O/c16-12-7-10(18)5-6-11(12)14-13(15(19)20-21-14)8-1-3-9(17)4-2-8/h1-7H,(H2,19,20). The van der Waals surface area contributed by atoms with Gasteiger partial charge in [-0.05, 0) is 51.8 Å². The summed E-state index contributed by atoms with van der Waals surface area (Å²) < 4.78 is 32.0. The van der Waals surface area contributed by atoms with Gasteiger partial charge < -0.3 is 10.3 Å². The molecule has 106 valence electrons. The second kappa shape index (κ2) is 5.29. The molecule has 2 N–H and O–H groups in total. The number of nitrogens with two attached hydrogens (primary N) is 1. The van der Waals surface area contributed by atoms with Crippen molar-refractivity contribution in [3.05, 3.63) is 58.6 Å². The van der Waals surface area contributed by atoms with Gasteiger partial charge in [-0.25, -0.2) is 8.78 Å². The molecular formula is C15H9BrF2N2O. The highest BCUT2D eigenvalue weighted by Crippen LogP contribution is 2.39. The molecule has 0 fully saturated rings. The van der Waals surface area contributed by atoms with Gasteiger partial charge in [-0.2, -0.15) is 0 Å². The van der Waals surface area contributed by atoms with Crippen molar-refractivity contribution >= 4 is 21.7 Å². The highest BCUT2D eigenvalue weighted by atomic mass is 79.9. The van der Waals surface area contributed by atoms with Crippen molar-refractivity contribution in [3.8, 4) is 22.5 Å². The minimum absolute atomic E-state index is 0.188. The first-order valence-corrected chi connectivity index (χ1v) is 6.82. The van der Waals surface area contributed by atoms with Crippen LogP contribution in [0.1, 0.15) is 0 Å². The maximum absolute atomic E-state index is 13.2. The van der Waals surface area contributed by atoms with Gasteiger partial charge >= 0.3 is 0 Å². The monoisotopic (exact) mass is 350 g/mol. The second-order valence-corrected chi connectivity index (χ2v) is 5.26. The van der Waals surface area contributed by atoms with Crippen molar-refractivity contribution in [2.75, 3.05) is 5.73 Å². The van der Waals surface area contributed by atoms with E-state index in [4.69, 9.17) is 10.3 Å². The van der Waals surface area contributed by atoms with Crippen LogP contribution in [0.25, 0.3) is 22.5 Å². The maximum Gasteiger partial charge on any atom is 0.178 e. The van der Waals surface area contributed by atoms with E-state index >= 15 is 0 Å². The van der Waals surface area contributed by atoms with E-state index in [0.29, 0.717) is 26.9 Å². The predicted octanol–water partition coefficient (Wildman–Crippen LogP) is 4.63. The van der Waals surface area contributed by atoms with E-state index in [9.17, 15) is 8.78 Å². The molecule has 0 bridgehead atoms. The highest BCUT2D eigenvalue weighted by Gasteiger charge is 2.19. The number of nitrogen functional groups attached to an aromatic ring is 1. The molecule has 0 aliphatic heterocycles. The third-order valence-corrected chi connectivity index (χ3v) is 3.68. The molecule has 1 aromatic heterocycles. The Morgan fingerprint density at radius 3 is 2.33 bits per heavy atom. The van der Waals surface area contributed by atoms with Crippen LogP contribution >= 0.6 is 15.9 Å². The Kier molecular flexibility index (Phi) is 3.47. The van der Waals surface area contributed by atoms with Crippen LogP contribution < -0.4 is 5.73 Å². The number of hydrogen-bond donors (Lipinski definition) is 1. The van der Waals surface area contributed by atoms with Gasteiger partial charge in [-0.15, -0.1) is 0 Å². The SMILES string of the molecule is Nc1noc(-c2ccc(F)cc2Br)c1-c1ccc(F)cc1. The zero-order valence-electron chi connectivity index (χ0n) is 10.6. The Morgan fingerprint density at radius 2 is 1.67 bits per heavy atom. The summed E-state index contributed by atoms with van der Waals surface area (Å²) in [5.74, 6) is -0.140. The van der Waals surface area contributed by atoms with Crippen molar-refractivity contribution < 1.29 is 13.3 Å². The van der Waals surface area contributed by atoms with Crippen LogP contribution in [0.3, 0.4) is 0 Å². The van der Waals surface area contributed by atoms with Crippen molar-refractivity contribution in [2.45, 2.75) is 0 Å². The number of nitrogens with zero attached hydrogens (tertiary/aromatic N) is 1. The summed E-state index contributed by atoms with van der Waals surface area (Å²) in [5, 5.41) is 3.75. The molecule has 0 amide bonds. The Morgan fingerprint density at radius 1 is 1.00 bits per heavy atom. The van der Waals surface area contributed by atoms with Gasteiger partial charge in [0.05, 0.1) is 5.56 Å². The number of halogens is 3. The fourth-order valence-electron chi connectivity index (χ4n) is 2.06. The smallest absolute Gasteiger partial charge is 0.178 e. The Bertz CT molecular complexity index is 800. The molecule has 2 aromatic carbocycles. The Labute approximate surface area is 127 Å². The van der Waals surface area contributed by atoms with Crippen LogP contribution in [-0.2, 0) is 0 Å². The third kappa shape index (κ3) is 2.54. The van der Waals surface area contributed by atoms with Crippen LogP contribution in [0.2, 0.25) is 0 Å². The molecule has 0 unspecified atom stereocenters. The fraction of sp³-hybridized carbons (Fsp3) is 0. The molecule has 6 heteroatoms. The molecule has 0 saturated heterocycles. The molecule has 1 heterocycles. The van der Waals surface area contributed by atoms with Crippen LogP contribution in [0.5, 0.6) is 0 Å². The first-order chi connectivity index (χ1) is 10.1. The summed E-state index contributed by atoms with van der Waals surface area (Å²) in [6.07, 6.45) is 0. The summed E-state index contributed by atoms with van der Waals surface area (Å²) in [6.45, 7) is 0. The number of rotatable bonds is 2. The average Bonchev–Trinajstić information content (AvgIpc) is 2.82. The summed E-state index contributed by atoms with van der Waals surface area (Å²) in [5.41, 5.74) is 7.66. The number of hydrogen-bond acceptors (Lipinski definition) is 3. The van der Waals surface area contributed by atoms with E-state index in [0.717, 1.165) is 0 Å². The van der Waals surface area contributed by atoms with Crippen molar-refractivity contribution in [1.82, 2.24) is 5.16 Å². The van der Waals surface area contributed by atoms with Crippen LogP contribution in [-0.4, -0.2) is 5.16 Å².